The molecule has 0 unspecified atom stereocenters. The van der Waals surface area contributed by atoms with Gasteiger partial charge in [-0.3, -0.25) is 5.41 Å². The Morgan fingerprint density at radius 1 is 1.15 bits per heavy atom. The Morgan fingerprint density at radius 2 is 1.15 bits per heavy atom. The van der Waals surface area contributed by atoms with Gasteiger partial charge in [0.25, 0.3) is 0 Å². The molecule has 0 saturated heterocycles. The van der Waals surface area contributed by atoms with Crippen LogP contribution in [0.4, 0.5) is 9.59 Å². The van der Waals surface area contributed by atoms with Gasteiger partial charge in [0.2, 0.25) is 6.16 Å². The van der Waals surface area contributed by atoms with E-state index < -0.39 is 12.3 Å². The average Bonchev–Trinajstić information content (AvgIpc) is 1.54. The molecule has 72 valence electrons. The Bertz CT molecular complexity index is 121. The van der Waals surface area contributed by atoms with Crippen LogP contribution in [0.25, 0.3) is 0 Å². The van der Waals surface area contributed by atoms with Gasteiger partial charge in [-0.25, -0.2) is 4.79 Å². The fraction of sp³-hybridized carbons (Fsp3) is 0. The normalized spacial score (nSPS) is 5.54. The fourth-order valence-electron chi connectivity index (χ4n) is 0. The van der Waals surface area contributed by atoms with Crippen molar-refractivity contribution in [1.82, 2.24) is 0 Å². The molecule has 0 rings (SSSR count). The Hall–Kier alpha value is -1.19. The minimum atomic E-state index is -2.08. The number of nitrogens with two attached hydrogens (primary N) is 2. The van der Waals surface area contributed by atoms with Crippen molar-refractivity contribution in [2.45, 2.75) is 0 Å². The Kier molecular flexibility index (Phi) is 29.7. The van der Waals surface area contributed by atoms with Crippen LogP contribution in [0.5, 0.6) is 0 Å². The number of hydrogen-bond acceptors (Lipinski definition) is 4. The summed E-state index contributed by atoms with van der Waals surface area (Å²) in [5, 5.41) is 35.3. The third kappa shape index (κ3) is 592. The van der Waals surface area contributed by atoms with Crippen molar-refractivity contribution in [2.75, 3.05) is 0 Å². The van der Waals surface area contributed by atoms with E-state index in [2.05, 4.69) is 11.5 Å². The van der Waals surface area contributed by atoms with Crippen LogP contribution in [0.1, 0.15) is 0 Å². The van der Waals surface area contributed by atoms with Crippen molar-refractivity contribution in [2.24, 2.45) is 11.5 Å². The van der Waals surface area contributed by atoms with Crippen LogP contribution in [0.2, 0.25) is 0 Å². The number of carboxylic acid groups (broad SMARTS) is 4. The summed E-state index contributed by atoms with van der Waals surface area (Å²) in [6, 6.07) is 0. The van der Waals surface area contributed by atoms with Crippen LogP contribution in [0, 0.1) is 5.41 Å². The second-order valence-corrected chi connectivity index (χ2v) is 1.00. The van der Waals surface area contributed by atoms with Crippen molar-refractivity contribution >= 4 is 18.3 Å². The fourth-order valence-corrected chi connectivity index (χ4v) is 0. The van der Waals surface area contributed by atoms with Gasteiger partial charge in [-0.05, 0) is 0 Å². The topological polar surface area (TPSA) is 194 Å². The maximum Gasteiger partial charge on any atom is 1.00 e. The van der Waals surface area contributed by atoms with E-state index in [1.165, 1.54) is 0 Å². The van der Waals surface area contributed by atoms with Gasteiger partial charge >= 0.3 is 35.7 Å². The summed E-state index contributed by atoms with van der Waals surface area (Å²) in [6.07, 6.45) is -3.92. The molecule has 0 saturated carbocycles. The first kappa shape index (κ1) is 22.6. The second kappa shape index (κ2) is 17.1. The van der Waals surface area contributed by atoms with Crippen LogP contribution in [-0.4, -0.2) is 33.6 Å². The number of nitrogens with one attached hydrogen (secondary N) is 1. The molecule has 0 aromatic rings. The molecule has 0 heterocycles. The standard InChI is InChI=1S/CH5N3.2CH2O3.Na/c3*2-1(3)4;/h(H5,2,3,4);2*(H2,2,3,4);/q;;;+1/p-1. The van der Waals surface area contributed by atoms with Crippen molar-refractivity contribution < 1.29 is 59.6 Å². The zero-order chi connectivity index (χ0) is 10.7. The molecule has 8 N–H and O–H groups in total. The smallest absolute Gasteiger partial charge is 0.565 e. The third-order valence-corrected chi connectivity index (χ3v) is 0. The van der Waals surface area contributed by atoms with Gasteiger partial charge < -0.3 is 36.7 Å². The van der Waals surface area contributed by atoms with E-state index in [1.54, 1.807) is 0 Å². The van der Waals surface area contributed by atoms with E-state index in [0.717, 1.165) is 0 Å². The van der Waals surface area contributed by atoms with Gasteiger partial charge in [0.05, 0.1) is 0 Å². The van der Waals surface area contributed by atoms with Crippen molar-refractivity contribution in [3.05, 3.63) is 0 Å². The van der Waals surface area contributed by atoms with E-state index in [0.29, 0.717) is 0 Å². The van der Waals surface area contributed by atoms with E-state index in [4.69, 9.17) is 35.4 Å². The molecular formula is C3H8N3NaO6. The number of guanidine groups is 1. The van der Waals surface area contributed by atoms with Crippen molar-refractivity contribution in [3.8, 4) is 0 Å². The molecule has 13 heavy (non-hydrogen) atoms. The van der Waals surface area contributed by atoms with Crippen molar-refractivity contribution in [1.29, 1.82) is 5.41 Å². The summed E-state index contributed by atoms with van der Waals surface area (Å²) >= 11 is 0. The Balaban J connectivity index is -0.0000000450. The minimum Gasteiger partial charge on any atom is -0.565 e. The molecular weight excluding hydrogens is 197 g/mol. The monoisotopic (exact) mass is 205 g/mol. The van der Waals surface area contributed by atoms with Gasteiger partial charge in [0.15, 0.2) is 5.96 Å². The first-order valence-electron chi connectivity index (χ1n) is 2.11. The molecule has 0 bridgehead atoms. The molecule has 0 aliphatic rings. The first-order valence-corrected chi connectivity index (χ1v) is 2.11. The van der Waals surface area contributed by atoms with Crippen LogP contribution in [-0.2, 0) is 0 Å². The summed E-state index contributed by atoms with van der Waals surface area (Å²) in [4.78, 5) is 17.0. The van der Waals surface area contributed by atoms with Crippen LogP contribution in [0.3, 0.4) is 0 Å². The van der Waals surface area contributed by atoms with Gasteiger partial charge in [-0.2, -0.15) is 0 Å². The number of rotatable bonds is 0. The number of carbonyl (C=O) groups is 2. The maximum absolute atomic E-state index is 8.56. The summed E-state index contributed by atoms with van der Waals surface area (Å²) in [7, 11) is 0. The van der Waals surface area contributed by atoms with Gasteiger partial charge in [-0.15, -0.1) is 0 Å². The van der Waals surface area contributed by atoms with E-state index in [9.17, 15) is 0 Å². The molecule has 0 atom stereocenters. The van der Waals surface area contributed by atoms with E-state index in [-0.39, 0.29) is 35.5 Å². The molecule has 0 fully saturated rings. The number of hydrogen-bond donors (Lipinski definition) is 6. The van der Waals surface area contributed by atoms with Gasteiger partial charge in [-0.1, -0.05) is 0 Å². The molecule has 9 nitrogen and oxygen atoms in total. The molecule has 0 aromatic carbocycles. The summed E-state index contributed by atoms with van der Waals surface area (Å²) in [5.74, 6) is -0.333. The summed E-state index contributed by atoms with van der Waals surface area (Å²) in [6.45, 7) is 0. The SMILES string of the molecule is N=C(N)N.O=C(O)O.O=C([O-])O.[Na+]. The zero-order valence-electron chi connectivity index (χ0n) is 6.72. The van der Waals surface area contributed by atoms with Crippen LogP contribution in [0.15, 0.2) is 0 Å². The minimum absolute atomic E-state index is 0. The predicted molar refractivity (Wildman–Crippen MR) is 34.8 cm³/mol. The Labute approximate surface area is 94.8 Å². The van der Waals surface area contributed by atoms with Crippen LogP contribution < -0.4 is 46.1 Å². The summed E-state index contributed by atoms with van der Waals surface area (Å²) < 4.78 is 0. The maximum atomic E-state index is 8.56. The largest absolute Gasteiger partial charge is 1.00 e. The second-order valence-electron chi connectivity index (χ2n) is 1.00. The molecule has 0 amide bonds. The quantitative estimate of drug-likeness (QED) is 0.128. The van der Waals surface area contributed by atoms with Gasteiger partial charge in [0.1, 0.15) is 0 Å². The molecule has 0 spiro atoms. The molecule has 0 aromatic heterocycles. The molecule has 10 heteroatoms. The van der Waals surface area contributed by atoms with E-state index >= 15 is 0 Å². The zero-order valence-corrected chi connectivity index (χ0v) is 8.72. The van der Waals surface area contributed by atoms with E-state index in [1.807, 2.05) is 0 Å². The van der Waals surface area contributed by atoms with Gasteiger partial charge in [0, 0.05) is 0 Å². The predicted octanol–water partition coefficient (Wildman–Crippen LogP) is -5.05. The van der Waals surface area contributed by atoms with Crippen LogP contribution >= 0.6 is 0 Å². The first-order chi connectivity index (χ1) is 5.20. The molecule has 0 aliphatic carbocycles. The molecule has 0 radical (unpaired) electrons. The third-order valence-electron chi connectivity index (χ3n) is 0. The Morgan fingerprint density at radius 3 is 1.15 bits per heavy atom. The molecule has 0 aliphatic heterocycles. The average molecular weight is 205 g/mol. The summed E-state index contributed by atoms with van der Waals surface area (Å²) in [5.41, 5.74) is 8.94. The van der Waals surface area contributed by atoms with Crippen molar-refractivity contribution in [3.63, 3.8) is 0 Å².